The van der Waals surface area contributed by atoms with Crippen molar-refractivity contribution >= 4 is 17.9 Å². The van der Waals surface area contributed by atoms with Crippen molar-refractivity contribution in [3.8, 4) is 0 Å². The molecule has 37 heavy (non-hydrogen) atoms. The standard InChI is InChI=1S/C30H51N3O4/c1-12-14-15-18-33(27(35)24(21(4)13-2)31-28(36)37-30(9,10)11)25(26(34)32-29(6,7)8)23-17-16-20(3)19-22(23)5/h16-17,19,21,24-25H,12-15,18H2,1-11H3,(H,31,36)(H,32,34). The van der Waals surface area contributed by atoms with Gasteiger partial charge in [-0.2, -0.15) is 0 Å². The maximum absolute atomic E-state index is 14.3. The quantitative estimate of drug-likeness (QED) is 0.341. The van der Waals surface area contributed by atoms with Crippen molar-refractivity contribution in [3.63, 3.8) is 0 Å². The molecule has 1 rings (SSSR count). The molecule has 210 valence electrons. The fourth-order valence-electron chi connectivity index (χ4n) is 4.22. The molecule has 3 unspecified atom stereocenters. The van der Waals surface area contributed by atoms with Crippen molar-refractivity contribution in [3.05, 3.63) is 34.9 Å². The first-order valence-corrected chi connectivity index (χ1v) is 13.7. The molecule has 0 saturated carbocycles. The lowest BCUT2D eigenvalue weighted by Gasteiger charge is -2.37. The van der Waals surface area contributed by atoms with E-state index in [1.807, 2.05) is 66.7 Å². The highest BCUT2D eigenvalue weighted by atomic mass is 16.6. The Balaban J connectivity index is 3.62. The van der Waals surface area contributed by atoms with E-state index in [9.17, 15) is 14.4 Å². The summed E-state index contributed by atoms with van der Waals surface area (Å²) in [7, 11) is 0. The second-order valence-corrected chi connectivity index (χ2v) is 12.3. The zero-order valence-corrected chi connectivity index (χ0v) is 25.1. The van der Waals surface area contributed by atoms with E-state index in [1.165, 1.54) is 0 Å². The predicted molar refractivity (Wildman–Crippen MR) is 150 cm³/mol. The summed E-state index contributed by atoms with van der Waals surface area (Å²) in [5.41, 5.74) is 1.66. The molecule has 0 aliphatic rings. The lowest BCUT2D eigenvalue weighted by molar-refractivity contribution is -0.144. The zero-order chi connectivity index (χ0) is 28.6. The molecule has 0 saturated heterocycles. The van der Waals surface area contributed by atoms with Gasteiger partial charge in [0.15, 0.2) is 0 Å². The Hall–Kier alpha value is -2.57. The molecule has 7 heteroatoms. The van der Waals surface area contributed by atoms with Crippen molar-refractivity contribution in [2.45, 2.75) is 125 Å². The highest BCUT2D eigenvalue weighted by Crippen LogP contribution is 2.29. The average molecular weight is 518 g/mol. The Morgan fingerprint density at radius 2 is 1.62 bits per heavy atom. The molecule has 3 amide bonds. The van der Waals surface area contributed by atoms with Gasteiger partial charge in [0.05, 0.1) is 0 Å². The molecule has 0 aromatic heterocycles. The van der Waals surface area contributed by atoms with Crippen molar-refractivity contribution in [2.75, 3.05) is 6.54 Å². The topological polar surface area (TPSA) is 87.7 Å². The first-order valence-electron chi connectivity index (χ1n) is 13.7. The number of rotatable bonds is 11. The molecular weight excluding hydrogens is 466 g/mol. The predicted octanol–water partition coefficient (Wildman–Crippen LogP) is 6.22. The number of carbonyl (C=O) groups is 3. The number of nitrogens with one attached hydrogen (secondary N) is 2. The summed E-state index contributed by atoms with van der Waals surface area (Å²) in [6.07, 6.45) is 2.71. The van der Waals surface area contributed by atoms with E-state index in [0.717, 1.165) is 36.0 Å². The highest BCUT2D eigenvalue weighted by Gasteiger charge is 2.39. The Kier molecular flexibility index (Phi) is 12.1. The third-order valence-corrected chi connectivity index (χ3v) is 6.22. The molecule has 0 aliphatic heterocycles. The SMILES string of the molecule is CCCCCN(C(=O)C(NC(=O)OC(C)(C)C)C(C)CC)C(C(=O)NC(C)(C)C)c1ccc(C)cc1C. The van der Waals surface area contributed by atoms with Crippen LogP contribution >= 0.6 is 0 Å². The first kappa shape index (κ1) is 32.5. The number of ether oxygens (including phenoxy) is 1. The van der Waals surface area contributed by atoms with E-state index in [0.29, 0.717) is 13.0 Å². The van der Waals surface area contributed by atoms with Gasteiger partial charge in [-0.15, -0.1) is 0 Å². The molecular formula is C30H51N3O4. The van der Waals surface area contributed by atoms with Gasteiger partial charge in [0.2, 0.25) is 11.8 Å². The van der Waals surface area contributed by atoms with Gasteiger partial charge in [-0.25, -0.2) is 4.79 Å². The smallest absolute Gasteiger partial charge is 0.408 e. The zero-order valence-electron chi connectivity index (χ0n) is 25.1. The summed E-state index contributed by atoms with van der Waals surface area (Å²) >= 11 is 0. The number of amides is 3. The second kappa shape index (κ2) is 13.8. The normalized spacial score (nSPS) is 14.4. The largest absolute Gasteiger partial charge is 0.444 e. The number of carbonyl (C=O) groups excluding carboxylic acids is 3. The van der Waals surface area contributed by atoms with Crippen LogP contribution in [0.1, 0.15) is 111 Å². The van der Waals surface area contributed by atoms with E-state index >= 15 is 0 Å². The Labute approximate surface area is 225 Å². The summed E-state index contributed by atoms with van der Waals surface area (Å²) in [5.74, 6) is -0.658. The summed E-state index contributed by atoms with van der Waals surface area (Å²) in [4.78, 5) is 42.5. The van der Waals surface area contributed by atoms with Crippen molar-refractivity contribution in [1.29, 1.82) is 0 Å². The van der Waals surface area contributed by atoms with Crippen LogP contribution in [0.3, 0.4) is 0 Å². The van der Waals surface area contributed by atoms with Gasteiger partial charge in [0.25, 0.3) is 0 Å². The number of nitrogens with zero attached hydrogens (tertiary/aromatic N) is 1. The third kappa shape index (κ3) is 10.7. The van der Waals surface area contributed by atoms with E-state index in [1.54, 1.807) is 25.7 Å². The van der Waals surface area contributed by atoms with E-state index in [-0.39, 0.29) is 17.7 Å². The number of alkyl carbamates (subject to hydrolysis) is 1. The molecule has 1 aromatic carbocycles. The van der Waals surface area contributed by atoms with Crippen LogP contribution in [0.2, 0.25) is 0 Å². The number of benzene rings is 1. The molecule has 3 atom stereocenters. The molecule has 0 bridgehead atoms. The second-order valence-electron chi connectivity index (χ2n) is 12.3. The molecule has 0 spiro atoms. The summed E-state index contributed by atoms with van der Waals surface area (Å²) in [6, 6.07) is 4.30. The maximum Gasteiger partial charge on any atom is 0.408 e. The van der Waals surface area contributed by atoms with Crippen LogP contribution in [0.5, 0.6) is 0 Å². The molecule has 0 aliphatic carbocycles. The first-order chi connectivity index (χ1) is 17.0. The van der Waals surface area contributed by atoms with Crippen LogP contribution in [0.15, 0.2) is 18.2 Å². The fraction of sp³-hybridized carbons (Fsp3) is 0.700. The van der Waals surface area contributed by atoms with Crippen molar-refractivity contribution in [1.82, 2.24) is 15.5 Å². The number of hydrogen-bond acceptors (Lipinski definition) is 4. The summed E-state index contributed by atoms with van der Waals surface area (Å²) in [5, 5.41) is 5.92. The molecule has 0 heterocycles. The lowest BCUT2D eigenvalue weighted by atomic mass is 9.93. The van der Waals surface area contributed by atoms with E-state index < -0.39 is 29.3 Å². The van der Waals surface area contributed by atoms with Gasteiger partial charge >= 0.3 is 6.09 Å². The van der Waals surface area contributed by atoms with Crippen LogP contribution in [0, 0.1) is 19.8 Å². The summed E-state index contributed by atoms with van der Waals surface area (Å²) in [6.45, 7) is 21.6. The minimum Gasteiger partial charge on any atom is -0.444 e. The van der Waals surface area contributed by atoms with Gasteiger partial charge in [0, 0.05) is 12.1 Å². The number of aryl methyl sites for hydroxylation is 2. The molecule has 2 N–H and O–H groups in total. The minimum atomic E-state index is -0.823. The molecule has 1 aromatic rings. The fourth-order valence-corrected chi connectivity index (χ4v) is 4.22. The number of hydrogen-bond donors (Lipinski definition) is 2. The Morgan fingerprint density at radius 3 is 2.11 bits per heavy atom. The van der Waals surface area contributed by atoms with E-state index in [4.69, 9.17) is 4.74 Å². The Bertz CT molecular complexity index is 914. The highest BCUT2D eigenvalue weighted by molar-refractivity contribution is 5.92. The monoisotopic (exact) mass is 517 g/mol. The van der Waals surface area contributed by atoms with Crippen molar-refractivity contribution in [2.24, 2.45) is 5.92 Å². The van der Waals surface area contributed by atoms with Gasteiger partial charge < -0.3 is 20.3 Å². The van der Waals surface area contributed by atoms with Crippen LogP contribution < -0.4 is 10.6 Å². The molecule has 0 radical (unpaired) electrons. The maximum atomic E-state index is 14.3. The van der Waals surface area contributed by atoms with Crippen LogP contribution in [0.4, 0.5) is 4.79 Å². The van der Waals surface area contributed by atoms with Crippen molar-refractivity contribution < 1.29 is 19.1 Å². The van der Waals surface area contributed by atoms with Gasteiger partial charge in [-0.05, 0) is 78.9 Å². The Morgan fingerprint density at radius 1 is 1.00 bits per heavy atom. The van der Waals surface area contributed by atoms with Crippen LogP contribution in [-0.2, 0) is 14.3 Å². The summed E-state index contributed by atoms with van der Waals surface area (Å²) < 4.78 is 5.48. The molecule has 0 fully saturated rings. The van der Waals surface area contributed by atoms with Crippen LogP contribution in [0.25, 0.3) is 0 Å². The van der Waals surface area contributed by atoms with Crippen LogP contribution in [-0.4, -0.2) is 46.5 Å². The van der Waals surface area contributed by atoms with E-state index in [2.05, 4.69) is 17.6 Å². The average Bonchev–Trinajstić information content (AvgIpc) is 2.74. The third-order valence-electron chi connectivity index (χ3n) is 6.22. The number of unbranched alkanes of at least 4 members (excludes halogenated alkanes) is 2. The van der Waals surface area contributed by atoms with Gasteiger partial charge in [0.1, 0.15) is 17.7 Å². The van der Waals surface area contributed by atoms with Gasteiger partial charge in [-0.3, -0.25) is 9.59 Å². The minimum absolute atomic E-state index is 0.154. The lowest BCUT2D eigenvalue weighted by Crippen LogP contribution is -2.56. The molecule has 7 nitrogen and oxygen atoms in total. The van der Waals surface area contributed by atoms with Gasteiger partial charge in [-0.1, -0.05) is 63.8 Å².